The van der Waals surface area contributed by atoms with Gasteiger partial charge in [-0.1, -0.05) is 6.07 Å². The molecule has 0 fully saturated rings. The van der Waals surface area contributed by atoms with Crippen molar-refractivity contribution in [3.63, 3.8) is 0 Å². The SMILES string of the molecule is NC(CCC(=O)O)C(=O)NCc1ccc2c(c1)OCO2. The predicted molar refractivity (Wildman–Crippen MR) is 69.3 cm³/mol. The van der Waals surface area contributed by atoms with E-state index in [9.17, 15) is 9.59 Å². The molecular formula is C13H16N2O5. The highest BCUT2D eigenvalue weighted by atomic mass is 16.7. The molecule has 2 rings (SSSR count). The van der Waals surface area contributed by atoms with Crippen LogP contribution < -0.4 is 20.5 Å². The number of rotatable bonds is 6. The first-order valence-electron chi connectivity index (χ1n) is 6.20. The molecule has 108 valence electrons. The van der Waals surface area contributed by atoms with E-state index in [1.165, 1.54) is 0 Å². The molecule has 7 heteroatoms. The van der Waals surface area contributed by atoms with Crippen LogP contribution in [0.1, 0.15) is 18.4 Å². The summed E-state index contributed by atoms with van der Waals surface area (Å²) in [6.07, 6.45) is -0.0130. The monoisotopic (exact) mass is 280 g/mol. The van der Waals surface area contributed by atoms with Gasteiger partial charge in [0.2, 0.25) is 12.7 Å². The van der Waals surface area contributed by atoms with Gasteiger partial charge in [0, 0.05) is 13.0 Å². The number of amides is 1. The molecule has 1 amide bonds. The molecule has 1 aliphatic heterocycles. The van der Waals surface area contributed by atoms with Gasteiger partial charge in [0.05, 0.1) is 6.04 Å². The molecule has 4 N–H and O–H groups in total. The topological polar surface area (TPSA) is 111 Å². The second-order valence-corrected chi connectivity index (χ2v) is 4.44. The number of benzene rings is 1. The Morgan fingerprint density at radius 3 is 2.85 bits per heavy atom. The molecule has 1 heterocycles. The van der Waals surface area contributed by atoms with Gasteiger partial charge in [-0.3, -0.25) is 9.59 Å². The van der Waals surface area contributed by atoms with E-state index in [0.717, 1.165) is 5.56 Å². The van der Waals surface area contributed by atoms with Crippen molar-refractivity contribution >= 4 is 11.9 Å². The summed E-state index contributed by atoms with van der Waals surface area (Å²) in [5.74, 6) is -0.0156. The molecule has 0 aromatic heterocycles. The molecule has 0 bridgehead atoms. The van der Waals surface area contributed by atoms with E-state index in [-0.39, 0.29) is 25.5 Å². The molecule has 0 spiro atoms. The fourth-order valence-corrected chi connectivity index (χ4v) is 1.78. The fraction of sp³-hybridized carbons (Fsp3) is 0.385. The molecule has 1 aromatic rings. The lowest BCUT2D eigenvalue weighted by Gasteiger charge is -2.11. The number of carbonyl (C=O) groups excluding carboxylic acids is 1. The highest BCUT2D eigenvalue weighted by Crippen LogP contribution is 2.32. The van der Waals surface area contributed by atoms with Gasteiger partial charge in [-0.15, -0.1) is 0 Å². The van der Waals surface area contributed by atoms with Crippen LogP contribution in [0.4, 0.5) is 0 Å². The second-order valence-electron chi connectivity index (χ2n) is 4.44. The number of fused-ring (bicyclic) bond motifs is 1. The minimum atomic E-state index is -0.968. The van der Waals surface area contributed by atoms with E-state index in [1.807, 2.05) is 6.07 Å². The molecule has 0 aliphatic carbocycles. The smallest absolute Gasteiger partial charge is 0.303 e. The number of carboxylic acid groups (broad SMARTS) is 1. The summed E-state index contributed by atoms with van der Waals surface area (Å²) >= 11 is 0. The Hall–Kier alpha value is -2.28. The minimum Gasteiger partial charge on any atom is -0.481 e. The van der Waals surface area contributed by atoms with Crippen molar-refractivity contribution in [1.82, 2.24) is 5.32 Å². The van der Waals surface area contributed by atoms with Crippen molar-refractivity contribution in [1.29, 1.82) is 0 Å². The zero-order valence-corrected chi connectivity index (χ0v) is 10.8. The van der Waals surface area contributed by atoms with Gasteiger partial charge >= 0.3 is 5.97 Å². The Morgan fingerprint density at radius 1 is 1.35 bits per heavy atom. The maximum absolute atomic E-state index is 11.7. The number of nitrogens with two attached hydrogens (primary N) is 1. The van der Waals surface area contributed by atoms with E-state index in [4.69, 9.17) is 20.3 Å². The van der Waals surface area contributed by atoms with Gasteiger partial charge in [0.1, 0.15) is 0 Å². The Balaban J connectivity index is 1.82. The zero-order valence-electron chi connectivity index (χ0n) is 10.8. The number of ether oxygens (including phenoxy) is 2. The van der Waals surface area contributed by atoms with E-state index < -0.39 is 12.0 Å². The number of carboxylic acids is 1. The van der Waals surface area contributed by atoms with Crippen molar-refractivity contribution in [2.45, 2.75) is 25.4 Å². The van der Waals surface area contributed by atoms with Gasteiger partial charge in [-0.25, -0.2) is 0 Å². The summed E-state index contributed by atoms with van der Waals surface area (Å²) in [6.45, 7) is 0.501. The average molecular weight is 280 g/mol. The van der Waals surface area contributed by atoms with Crippen LogP contribution in [0.3, 0.4) is 0 Å². The van der Waals surface area contributed by atoms with Crippen LogP contribution in [0.5, 0.6) is 11.5 Å². The Bertz CT molecular complexity index is 517. The number of hydrogen-bond acceptors (Lipinski definition) is 5. The van der Waals surface area contributed by atoms with E-state index in [0.29, 0.717) is 18.0 Å². The maximum atomic E-state index is 11.7. The third-order valence-corrected chi connectivity index (χ3v) is 2.91. The first-order valence-corrected chi connectivity index (χ1v) is 6.20. The molecule has 1 aliphatic rings. The van der Waals surface area contributed by atoms with Crippen LogP contribution in [-0.4, -0.2) is 29.8 Å². The zero-order chi connectivity index (χ0) is 14.5. The van der Waals surface area contributed by atoms with E-state index in [1.54, 1.807) is 12.1 Å². The largest absolute Gasteiger partial charge is 0.481 e. The predicted octanol–water partition coefficient (Wildman–Crippen LogP) is 0.224. The van der Waals surface area contributed by atoms with Crippen LogP contribution in [0.25, 0.3) is 0 Å². The van der Waals surface area contributed by atoms with Crippen molar-refractivity contribution in [3.05, 3.63) is 23.8 Å². The van der Waals surface area contributed by atoms with Crippen LogP contribution in [0.15, 0.2) is 18.2 Å². The quantitative estimate of drug-likeness (QED) is 0.687. The molecule has 0 radical (unpaired) electrons. The summed E-state index contributed by atoms with van der Waals surface area (Å²) < 4.78 is 10.4. The van der Waals surface area contributed by atoms with Gasteiger partial charge in [-0.2, -0.15) is 0 Å². The maximum Gasteiger partial charge on any atom is 0.303 e. The fourth-order valence-electron chi connectivity index (χ4n) is 1.78. The van der Waals surface area contributed by atoms with Gasteiger partial charge in [0.25, 0.3) is 0 Å². The van der Waals surface area contributed by atoms with E-state index in [2.05, 4.69) is 5.32 Å². The summed E-state index contributed by atoms with van der Waals surface area (Å²) in [7, 11) is 0. The van der Waals surface area contributed by atoms with Crippen LogP contribution in [-0.2, 0) is 16.1 Å². The van der Waals surface area contributed by atoms with Gasteiger partial charge < -0.3 is 25.6 Å². The third kappa shape index (κ3) is 3.61. The molecule has 1 unspecified atom stereocenters. The summed E-state index contributed by atoms with van der Waals surface area (Å²) in [4.78, 5) is 22.1. The molecule has 0 saturated heterocycles. The lowest BCUT2D eigenvalue weighted by atomic mass is 10.1. The number of nitrogens with one attached hydrogen (secondary N) is 1. The molecule has 7 nitrogen and oxygen atoms in total. The molecule has 20 heavy (non-hydrogen) atoms. The van der Waals surface area contributed by atoms with Crippen LogP contribution in [0.2, 0.25) is 0 Å². The van der Waals surface area contributed by atoms with Crippen molar-refractivity contribution < 1.29 is 24.2 Å². The van der Waals surface area contributed by atoms with E-state index >= 15 is 0 Å². The molecule has 1 aromatic carbocycles. The van der Waals surface area contributed by atoms with Crippen molar-refractivity contribution in [2.75, 3.05) is 6.79 Å². The Labute approximate surface area is 115 Å². The lowest BCUT2D eigenvalue weighted by molar-refractivity contribution is -0.137. The Morgan fingerprint density at radius 2 is 2.10 bits per heavy atom. The highest BCUT2D eigenvalue weighted by Gasteiger charge is 2.16. The lowest BCUT2D eigenvalue weighted by Crippen LogP contribution is -2.40. The summed E-state index contributed by atoms with van der Waals surface area (Å²) in [5.41, 5.74) is 6.45. The number of aliphatic carboxylic acids is 1. The summed E-state index contributed by atoms with van der Waals surface area (Å²) in [6, 6.07) is 4.55. The standard InChI is InChI=1S/C13H16N2O5/c14-9(2-4-12(16)17)13(18)15-6-8-1-3-10-11(5-8)20-7-19-10/h1,3,5,9H,2,4,6-7,14H2,(H,15,18)(H,16,17). The first kappa shape index (κ1) is 14.1. The Kier molecular flexibility index (Phi) is 4.41. The molecule has 0 saturated carbocycles. The second kappa shape index (κ2) is 6.25. The number of carbonyl (C=O) groups is 2. The average Bonchev–Trinajstić information content (AvgIpc) is 2.89. The van der Waals surface area contributed by atoms with Crippen molar-refractivity contribution in [3.8, 4) is 11.5 Å². The van der Waals surface area contributed by atoms with Crippen LogP contribution >= 0.6 is 0 Å². The van der Waals surface area contributed by atoms with Gasteiger partial charge in [-0.05, 0) is 24.1 Å². The summed E-state index contributed by atoms with van der Waals surface area (Å²) in [5, 5.41) is 11.2. The minimum absolute atomic E-state index is 0.113. The molecule has 1 atom stereocenters. The van der Waals surface area contributed by atoms with Gasteiger partial charge in [0.15, 0.2) is 11.5 Å². The van der Waals surface area contributed by atoms with Crippen molar-refractivity contribution in [2.24, 2.45) is 5.73 Å². The third-order valence-electron chi connectivity index (χ3n) is 2.91. The first-order chi connectivity index (χ1) is 9.56. The molecular weight excluding hydrogens is 264 g/mol. The normalized spacial score (nSPS) is 13.8. The number of hydrogen-bond donors (Lipinski definition) is 3. The van der Waals surface area contributed by atoms with Crippen LogP contribution in [0, 0.1) is 0 Å². The highest BCUT2D eigenvalue weighted by molar-refractivity contribution is 5.82.